The zero-order valence-corrected chi connectivity index (χ0v) is 12.2. The summed E-state index contributed by atoms with van der Waals surface area (Å²) in [6, 6.07) is -0.973. The summed E-state index contributed by atoms with van der Waals surface area (Å²) >= 11 is 0. The lowest BCUT2D eigenvalue weighted by atomic mass is 10.4. The molecule has 0 saturated heterocycles. The van der Waals surface area contributed by atoms with E-state index in [2.05, 4.69) is 5.09 Å². The maximum Gasteiger partial charge on any atom is 0.406 e. The van der Waals surface area contributed by atoms with E-state index in [1.165, 1.54) is 6.92 Å². The molecule has 0 aromatic carbocycles. The Morgan fingerprint density at radius 2 is 1.67 bits per heavy atom. The van der Waals surface area contributed by atoms with Gasteiger partial charge in [0.2, 0.25) is 0 Å². The van der Waals surface area contributed by atoms with Crippen LogP contribution in [0, 0.1) is 0 Å². The van der Waals surface area contributed by atoms with E-state index >= 15 is 0 Å². The van der Waals surface area contributed by atoms with Gasteiger partial charge in [0, 0.05) is 0 Å². The molecule has 7 heteroatoms. The van der Waals surface area contributed by atoms with Gasteiger partial charge in [-0.05, 0) is 19.8 Å². The van der Waals surface area contributed by atoms with Crippen molar-refractivity contribution in [1.29, 1.82) is 0 Å². The summed E-state index contributed by atoms with van der Waals surface area (Å²) in [5.41, 5.74) is 0. The molecular weight excluding hydrogens is 257 g/mol. The number of unbranched alkanes of at least 4 members (excludes halogenated alkanes) is 2. The van der Waals surface area contributed by atoms with Crippen LogP contribution in [0.15, 0.2) is 0 Å². The summed E-state index contributed by atoms with van der Waals surface area (Å²) in [7, 11) is -3.52. The molecule has 108 valence electrons. The summed E-state index contributed by atoms with van der Waals surface area (Å²) in [4.78, 5) is 10.7. The number of hydrogen-bond donors (Lipinski definition) is 2. The van der Waals surface area contributed by atoms with Gasteiger partial charge >= 0.3 is 13.7 Å². The molecule has 1 unspecified atom stereocenters. The highest BCUT2D eigenvalue weighted by Gasteiger charge is 2.29. The second-order valence-corrected chi connectivity index (χ2v) is 5.83. The minimum absolute atomic E-state index is 0.291. The lowest BCUT2D eigenvalue weighted by molar-refractivity contribution is -0.138. The molecule has 0 fully saturated rings. The summed E-state index contributed by atoms with van der Waals surface area (Å²) in [5, 5.41) is 11.2. The first-order valence-electron chi connectivity index (χ1n) is 6.35. The monoisotopic (exact) mass is 281 g/mol. The molecular formula is C11H24NO5P. The molecule has 1 atom stereocenters. The first-order chi connectivity index (χ1) is 8.45. The van der Waals surface area contributed by atoms with Crippen molar-refractivity contribution in [3.8, 4) is 0 Å². The van der Waals surface area contributed by atoms with Crippen LogP contribution in [0.25, 0.3) is 0 Å². The van der Waals surface area contributed by atoms with Crippen molar-refractivity contribution in [3.05, 3.63) is 0 Å². The van der Waals surface area contributed by atoms with Gasteiger partial charge in [-0.25, -0.2) is 9.65 Å². The van der Waals surface area contributed by atoms with Gasteiger partial charge in [-0.15, -0.1) is 0 Å². The second kappa shape index (κ2) is 9.50. The SMILES string of the molecule is CCCCOP(=O)(NC(C)C(=O)O)OCCCC. The van der Waals surface area contributed by atoms with E-state index in [0.717, 1.165) is 25.7 Å². The van der Waals surface area contributed by atoms with Crippen LogP contribution in [0.3, 0.4) is 0 Å². The van der Waals surface area contributed by atoms with E-state index in [0.29, 0.717) is 13.2 Å². The fraction of sp³-hybridized carbons (Fsp3) is 0.909. The molecule has 0 aromatic heterocycles. The number of carboxylic acid groups (broad SMARTS) is 1. The average molecular weight is 281 g/mol. The van der Waals surface area contributed by atoms with E-state index in [1.807, 2.05) is 13.8 Å². The Balaban J connectivity index is 4.38. The quantitative estimate of drug-likeness (QED) is 0.447. The number of hydrogen-bond acceptors (Lipinski definition) is 4. The molecule has 0 spiro atoms. The molecule has 0 heterocycles. The van der Waals surface area contributed by atoms with E-state index in [-0.39, 0.29) is 0 Å². The third-order valence-electron chi connectivity index (χ3n) is 2.24. The van der Waals surface area contributed by atoms with Crippen LogP contribution in [-0.2, 0) is 18.4 Å². The van der Waals surface area contributed by atoms with Gasteiger partial charge in [0.15, 0.2) is 0 Å². The van der Waals surface area contributed by atoms with Crippen LogP contribution in [0.2, 0.25) is 0 Å². The summed E-state index contributed by atoms with van der Waals surface area (Å²) in [6.07, 6.45) is 3.32. The van der Waals surface area contributed by atoms with Crippen LogP contribution in [0.4, 0.5) is 0 Å². The number of carbonyl (C=O) groups is 1. The topological polar surface area (TPSA) is 84.9 Å². The highest BCUT2D eigenvalue weighted by molar-refractivity contribution is 7.51. The van der Waals surface area contributed by atoms with Crippen molar-refractivity contribution in [2.75, 3.05) is 13.2 Å². The predicted molar refractivity (Wildman–Crippen MR) is 69.6 cm³/mol. The van der Waals surface area contributed by atoms with E-state index in [1.54, 1.807) is 0 Å². The standard InChI is InChI=1S/C11H24NO5P/c1-4-6-8-16-18(15,17-9-7-5-2)12-10(3)11(13)14/h10H,4-9H2,1-3H3,(H,12,15)(H,13,14). The third kappa shape index (κ3) is 7.82. The minimum Gasteiger partial charge on any atom is -0.480 e. The molecule has 0 aliphatic heterocycles. The maximum atomic E-state index is 12.3. The fourth-order valence-corrected chi connectivity index (χ4v) is 2.61. The zero-order valence-electron chi connectivity index (χ0n) is 11.3. The van der Waals surface area contributed by atoms with Crippen LogP contribution < -0.4 is 5.09 Å². The molecule has 0 aromatic rings. The number of carboxylic acids is 1. The van der Waals surface area contributed by atoms with E-state index < -0.39 is 19.8 Å². The average Bonchev–Trinajstić information content (AvgIpc) is 2.29. The smallest absolute Gasteiger partial charge is 0.406 e. The molecule has 2 N–H and O–H groups in total. The number of aliphatic carboxylic acids is 1. The van der Waals surface area contributed by atoms with Gasteiger partial charge in [0.1, 0.15) is 6.04 Å². The van der Waals surface area contributed by atoms with Crippen molar-refractivity contribution < 1.29 is 23.5 Å². The Kier molecular flexibility index (Phi) is 9.28. The van der Waals surface area contributed by atoms with Gasteiger partial charge in [0.05, 0.1) is 13.2 Å². The summed E-state index contributed by atoms with van der Waals surface area (Å²) < 4.78 is 22.7. The van der Waals surface area contributed by atoms with Crippen molar-refractivity contribution >= 4 is 13.7 Å². The molecule has 0 radical (unpaired) electrons. The number of rotatable bonds is 11. The number of nitrogens with one attached hydrogen (secondary N) is 1. The van der Waals surface area contributed by atoms with Crippen molar-refractivity contribution in [2.45, 2.75) is 52.5 Å². The highest BCUT2D eigenvalue weighted by Crippen LogP contribution is 2.44. The first-order valence-corrected chi connectivity index (χ1v) is 7.89. The molecule has 6 nitrogen and oxygen atoms in total. The van der Waals surface area contributed by atoms with Crippen LogP contribution in [0.5, 0.6) is 0 Å². The molecule has 0 aliphatic rings. The first kappa shape index (κ1) is 17.6. The Morgan fingerprint density at radius 3 is 2.00 bits per heavy atom. The summed E-state index contributed by atoms with van der Waals surface area (Å²) in [6.45, 7) is 5.96. The van der Waals surface area contributed by atoms with Gasteiger partial charge in [-0.1, -0.05) is 26.7 Å². The highest BCUT2D eigenvalue weighted by atomic mass is 31.2. The van der Waals surface area contributed by atoms with Gasteiger partial charge in [-0.2, -0.15) is 0 Å². The fourth-order valence-electron chi connectivity index (χ4n) is 1.06. The molecule has 0 saturated carbocycles. The van der Waals surface area contributed by atoms with E-state index in [9.17, 15) is 9.36 Å². The third-order valence-corrected chi connectivity index (χ3v) is 3.99. The molecule has 0 bridgehead atoms. The Hall–Kier alpha value is -0.420. The lowest BCUT2D eigenvalue weighted by Crippen LogP contribution is -2.32. The Bertz CT molecular complexity index is 271. The van der Waals surface area contributed by atoms with Gasteiger partial charge in [-0.3, -0.25) is 13.8 Å². The van der Waals surface area contributed by atoms with Crippen LogP contribution in [0.1, 0.15) is 46.5 Å². The predicted octanol–water partition coefficient (Wildman–Crippen LogP) is 2.79. The largest absolute Gasteiger partial charge is 0.480 e. The maximum absolute atomic E-state index is 12.3. The molecule has 18 heavy (non-hydrogen) atoms. The molecule has 0 aliphatic carbocycles. The normalized spacial score (nSPS) is 13.5. The van der Waals surface area contributed by atoms with Gasteiger partial charge in [0.25, 0.3) is 0 Å². The molecule has 0 rings (SSSR count). The lowest BCUT2D eigenvalue weighted by Gasteiger charge is -2.21. The van der Waals surface area contributed by atoms with Crippen molar-refractivity contribution in [2.24, 2.45) is 0 Å². The Labute approximate surface area is 109 Å². The summed E-state index contributed by atoms with van der Waals surface area (Å²) in [5.74, 6) is -1.09. The zero-order chi connectivity index (χ0) is 14.0. The van der Waals surface area contributed by atoms with Crippen molar-refractivity contribution in [1.82, 2.24) is 5.09 Å². The molecule has 0 amide bonds. The minimum atomic E-state index is -3.52. The van der Waals surface area contributed by atoms with E-state index in [4.69, 9.17) is 14.2 Å². The van der Waals surface area contributed by atoms with Crippen LogP contribution >= 0.6 is 7.75 Å². The van der Waals surface area contributed by atoms with Crippen LogP contribution in [-0.4, -0.2) is 30.3 Å². The van der Waals surface area contributed by atoms with Gasteiger partial charge < -0.3 is 5.11 Å². The van der Waals surface area contributed by atoms with Crippen molar-refractivity contribution in [3.63, 3.8) is 0 Å². The Morgan fingerprint density at radius 1 is 1.22 bits per heavy atom. The second-order valence-electron chi connectivity index (χ2n) is 4.06.